The normalized spacial score (nSPS) is 18.3. The lowest BCUT2D eigenvalue weighted by molar-refractivity contribution is -0.137. The van der Waals surface area contributed by atoms with E-state index in [2.05, 4.69) is 11.3 Å². The van der Waals surface area contributed by atoms with E-state index in [0.717, 1.165) is 25.7 Å². The number of hydrogen-bond acceptors (Lipinski definition) is 4. The summed E-state index contributed by atoms with van der Waals surface area (Å²) < 4.78 is 9.54. The molecule has 0 atom stereocenters. The second kappa shape index (κ2) is 4.47. The number of esters is 1. The first-order chi connectivity index (χ1) is 6.93. The maximum Gasteiger partial charge on any atom is 0.516 e. The third-order valence-corrected chi connectivity index (χ3v) is 2.52. The monoisotopic (exact) mass is 212 g/mol. The van der Waals surface area contributed by atoms with Gasteiger partial charge in [-0.3, -0.25) is 0 Å². The number of carbonyl (C=O) groups is 2. The van der Waals surface area contributed by atoms with Gasteiger partial charge in [0.1, 0.15) is 5.60 Å². The number of rotatable bonds is 2. The molecule has 1 aliphatic carbocycles. The fourth-order valence-electron chi connectivity index (χ4n) is 1.61. The summed E-state index contributed by atoms with van der Waals surface area (Å²) in [5, 5.41) is 0. The zero-order valence-corrected chi connectivity index (χ0v) is 9.17. The Morgan fingerprint density at radius 3 is 2.27 bits per heavy atom. The maximum absolute atomic E-state index is 11.2. The van der Waals surface area contributed by atoms with E-state index in [0.29, 0.717) is 0 Å². The topological polar surface area (TPSA) is 52.6 Å². The van der Waals surface area contributed by atoms with Crippen LogP contribution in [-0.4, -0.2) is 17.7 Å². The van der Waals surface area contributed by atoms with Crippen molar-refractivity contribution < 1.29 is 19.1 Å². The van der Waals surface area contributed by atoms with Crippen LogP contribution in [0.5, 0.6) is 0 Å². The minimum absolute atomic E-state index is 0.184. The molecule has 1 aliphatic rings. The van der Waals surface area contributed by atoms with E-state index in [1.54, 1.807) is 0 Å². The minimum Gasteiger partial charge on any atom is -0.428 e. The molecular weight excluding hydrogens is 196 g/mol. The zero-order valence-electron chi connectivity index (χ0n) is 9.17. The quantitative estimate of drug-likeness (QED) is 0.401. The van der Waals surface area contributed by atoms with Gasteiger partial charge in [0, 0.05) is 5.57 Å². The van der Waals surface area contributed by atoms with Crippen molar-refractivity contribution in [2.45, 2.75) is 45.1 Å². The van der Waals surface area contributed by atoms with Crippen molar-refractivity contribution in [3.8, 4) is 0 Å². The van der Waals surface area contributed by atoms with E-state index >= 15 is 0 Å². The van der Waals surface area contributed by atoms with E-state index in [9.17, 15) is 9.59 Å². The summed E-state index contributed by atoms with van der Waals surface area (Å²) in [6.07, 6.45) is 2.80. The summed E-state index contributed by atoms with van der Waals surface area (Å²) in [7, 11) is 0. The molecule has 1 fully saturated rings. The summed E-state index contributed by atoms with van der Waals surface area (Å²) >= 11 is 0. The SMILES string of the molecule is C=C(C)C(=O)OC(=O)OC1(C)CCCC1. The van der Waals surface area contributed by atoms with Crippen LogP contribution in [0.15, 0.2) is 12.2 Å². The molecule has 0 aliphatic heterocycles. The van der Waals surface area contributed by atoms with Gasteiger partial charge in [-0.1, -0.05) is 6.58 Å². The molecule has 1 saturated carbocycles. The first-order valence-electron chi connectivity index (χ1n) is 5.04. The molecule has 0 aromatic carbocycles. The molecule has 0 aromatic rings. The Balaban J connectivity index is 2.42. The molecule has 0 radical (unpaired) electrons. The molecule has 0 spiro atoms. The van der Waals surface area contributed by atoms with Crippen LogP contribution in [0, 0.1) is 0 Å². The Hall–Kier alpha value is -1.32. The number of ether oxygens (including phenoxy) is 2. The molecule has 0 N–H and O–H groups in total. The number of carbonyl (C=O) groups excluding carboxylic acids is 2. The van der Waals surface area contributed by atoms with Crippen molar-refractivity contribution in [1.29, 1.82) is 0 Å². The third-order valence-electron chi connectivity index (χ3n) is 2.52. The highest BCUT2D eigenvalue weighted by molar-refractivity contribution is 5.93. The lowest BCUT2D eigenvalue weighted by Gasteiger charge is -2.22. The third kappa shape index (κ3) is 3.38. The Kier molecular flexibility index (Phi) is 3.50. The Morgan fingerprint density at radius 1 is 1.27 bits per heavy atom. The van der Waals surface area contributed by atoms with Crippen molar-refractivity contribution in [3.05, 3.63) is 12.2 Å². The first-order valence-corrected chi connectivity index (χ1v) is 5.04. The summed E-state index contributed by atoms with van der Waals surface area (Å²) in [4.78, 5) is 22.2. The van der Waals surface area contributed by atoms with Gasteiger partial charge in [-0.2, -0.15) is 0 Å². The van der Waals surface area contributed by atoms with E-state index in [1.165, 1.54) is 6.92 Å². The molecule has 0 unspecified atom stereocenters. The van der Waals surface area contributed by atoms with E-state index in [1.807, 2.05) is 6.92 Å². The summed E-state index contributed by atoms with van der Waals surface area (Å²) in [5.41, 5.74) is -0.282. The van der Waals surface area contributed by atoms with Crippen LogP contribution >= 0.6 is 0 Å². The van der Waals surface area contributed by atoms with Crippen LogP contribution in [0.4, 0.5) is 4.79 Å². The predicted octanol–water partition coefficient (Wildman–Crippen LogP) is 2.58. The van der Waals surface area contributed by atoms with Crippen LogP contribution in [0.1, 0.15) is 39.5 Å². The van der Waals surface area contributed by atoms with Gasteiger partial charge >= 0.3 is 12.1 Å². The molecule has 15 heavy (non-hydrogen) atoms. The largest absolute Gasteiger partial charge is 0.516 e. The molecule has 0 aromatic heterocycles. The Labute approximate surface area is 89.2 Å². The lowest BCUT2D eigenvalue weighted by Crippen LogP contribution is -2.29. The highest BCUT2D eigenvalue weighted by Gasteiger charge is 2.33. The van der Waals surface area contributed by atoms with E-state index in [4.69, 9.17) is 4.74 Å². The fourth-order valence-corrected chi connectivity index (χ4v) is 1.61. The van der Waals surface area contributed by atoms with Crippen LogP contribution in [0.25, 0.3) is 0 Å². The van der Waals surface area contributed by atoms with Crippen LogP contribution in [-0.2, 0) is 14.3 Å². The second-order valence-corrected chi connectivity index (χ2v) is 4.18. The highest BCUT2D eigenvalue weighted by Crippen LogP contribution is 2.32. The highest BCUT2D eigenvalue weighted by atomic mass is 16.7. The summed E-state index contributed by atoms with van der Waals surface area (Å²) in [6, 6.07) is 0. The smallest absolute Gasteiger partial charge is 0.428 e. The average molecular weight is 212 g/mol. The lowest BCUT2D eigenvalue weighted by atomic mass is 10.1. The molecule has 0 bridgehead atoms. The molecule has 4 heteroatoms. The maximum atomic E-state index is 11.2. The molecule has 0 amide bonds. The van der Waals surface area contributed by atoms with Gasteiger partial charge in [0.2, 0.25) is 0 Å². The van der Waals surface area contributed by atoms with Gasteiger partial charge in [-0.25, -0.2) is 9.59 Å². The van der Waals surface area contributed by atoms with Crippen molar-refractivity contribution in [2.24, 2.45) is 0 Å². The average Bonchev–Trinajstić information content (AvgIpc) is 2.50. The molecule has 0 heterocycles. The Morgan fingerprint density at radius 2 is 1.80 bits per heavy atom. The van der Waals surface area contributed by atoms with Crippen LogP contribution in [0.2, 0.25) is 0 Å². The molecular formula is C11H16O4. The standard InChI is InChI=1S/C11H16O4/c1-8(2)9(12)14-10(13)15-11(3)6-4-5-7-11/h1,4-7H2,2-3H3. The van der Waals surface area contributed by atoms with E-state index < -0.39 is 17.7 Å². The van der Waals surface area contributed by atoms with Gasteiger partial charge in [0.15, 0.2) is 0 Å². The Bertz CT molecular complexity index is 287. The van der Waals surface area contributed by atoms with Crippen molar-refractivity contribution in [1.82, 2.24) is 0 Å². The van der Waals surface area contributed by atoms with Gasteiger partial charge < -0.3 is 9.47 Å². The number of hydrogen-bond donors (Lipinski definition) is 0. The molecule has 84 valence electrons. The molecule has 0 saturated heterocycles. The van der Waals surface area contributed by atoms with Crippen molar-refractivity contribution in [3.63, 3.8) is 0 Å². The van der Waals surface area contributed by atoms with Gasteiger partial charge in [-0.15, -0.1) is 0 Å². The molecule has 4 nitrogen and oxygen atoms in total. The minimum atomic E-state index is -0.924. The second-order valence-electron chi connectivity index (χ2n) is 4.18. The van der Waals surface area contributed by atoms with Crippen LogP contribution in [0.3, 0.4) is 0 Å². The predicted molar refractivity (Wildman–Crippen MR) is 54.3 cm³/mol. The van der Waals surface area contributed by atoms with Crippen molar-refractivity contribution in [2.75, 3.05) is 0 Å². The summed E-state index contributed by atoms with van der Waals surface area (Å²) in [5.74, 6) is -0.735. The zero-order chi connectivity index (χ0) is 11.5. The van der Waals surface area contributed by atoms with Gasteiger partial charge in [0.25, 0.3) is 0 Å². The van der Waals surface area contributed by atoms with Gasteiger partial charge in [0.05, 0.1) is 0 Å². The summed E-state index contributed by atoms with van der Waals surface area (Å²) in [6.45, 7) is 6.71. The van der Waals surface area contributed by atoms with Gasteiger partial charge in [-0.05, 0) is 39.5 Å². The van der Waals surface area contributed by atoms with E-state index in [-0.39, 0.29) is 5.57 Å². The molecule has 1 rings (SSSR count). The fraction of sp³-hybridized carbons (Fsp3) is 0.636. The van der Waals surface area contributed by atoms with Crippen LogP contribution < -0.4 is 0 Å². The first kappa shape index (κ1) is 11.8. The van der Waals surface area contributed by atoms with Crippen molar-refractivity contribution >= 4 is 12.1 Å².